The van der Waals surface area contributed by atoms with Crippen LogP contribution >= 0.6 is 11.6 Å². The maximum absolute atomic E-state index is 13.0. The van der Waals surface area contributed by atoms with E-state index in [1.54, 1.807) is 12.1 Å². The summed E-state index contributed by atoms with van der Waals surface area (Å²) < 4.78 is 33.7. The Morgan fingerprint density at radius 2 is 2.00 bits per heavy atom. The number of H-pyrrole nitrogens is 1. The van der Waals surface area contributed by atoms with Crippen molar-refractivity contribution in [3.8, 4) is 16.9 Å². The lowest BCUT2D eigenvalue weighted by Gasteiger charge is -2.14. The van der Waals surface area contributed by atoms with E-state index in [0.29, 0.717) is 22.8 Å². The van der Waals surface area contributed by atoms with E-state index in [4.69, 9.17) is 22.1 Å². The molecule has 0 bridgehead atoms. The maximum atomic E-state index is 13.0. The molecule has 8 nitrogen and oxygen atoms in total. The Hall–Kier alpha value is -3.14. The summed E-state index contributed by atoms with van der Waals surface area (Å²) in [6.07, 6.45) is 3.28. The summed E-state index contributed by atoms with van der Waals surface area (Å²) in [6, 6.07) is 9.71. The van der Waals surface area contributed by atoms with E-state index in [1.165, 1.54) is 31.6 Å². The molecule has 0 aliphatic heterocycles. The quantitative estimate of drug-likeness (QED) is 0.404. The average Bonchev–Trinajstić information content (AvgIpc) is 3.19. The molecule has 0 saturated heterocycles. The second-order valence-electron chi connectivity index (χ2n) is 6.83. The van der Waals surface area contributed by atoms with Crippen LogP contribution in [0.4, 0.5) is 5.69 Å². The molecule has 4 rings (SSSR count). The predicted molar refractivity (Wildman–Crippen MR) is 121 cm³/mol. The summed E-state index contributed by atoms with van der Waals surface area (Å²) in [4.78, 5) is 11.7. The summed E-state index contributed by atoms with van der Waals surface area (Å²) in [5, 5.41) is 1.03. The smallest absolute Gasteiger partial charge is 0.261 e. The monoisotopic (exact) mass is 457 g/mol. The zero-order chi connectivity index (χ0) is 22.2. The van der Waals surface area contributed by atoms with Crippen LogP contribution in [0.1, 0.15) is 11.3 Å². The van der Waals surface area contributed by atoms with Crippen molar-refractivity contribution in [3.05, 3.63) is 65.2 Å². The molecule has 4 aromatic rings. The van der Waals surface area contributed by atoms with Crippen LogP contribution in [0.25, 0.3) is 22.2 Å². The molecule has 0 atom stereocenters. The molecule has 0 saturated carbocycles. The molecule has 2 heterocycles. The summed E-state index contributed by atoms with van der Waals surface area (Å²) in [6.45, 7) is 2.10. The molecule has 31 heavy (non-hydrogen) atoms. The molecule has 0 aliphatic carbocycles. The molecule has 0 unspecified atom stereocenters. The first-order chi connectivity index (χ1) is 14.9. The molecule has 4 N–H and O–H groups in total. The van der Waals surface area contributed by atoms with Gasteiger partial charge in [0.25, 0.3) is 10.0 Å². The van der Waals surface area contributed by atoms with Crippen LogP contribution in [0.5, 0.6) is 5.75 Å². The van der Waals surface area contributed by atoms with Crippen molar-refractivity contribution in [1.82, 2.24) is 15.0 Å². The summed E-state index contributed by atoms with van der Waals surface area (Å²) in [7, 11) is -2.40. The van der Waals surface area contributed by atoms with E-state index in [-0.39, 0.29) is 16.5 Å². The molecule has 0 amide bonds. The molecule has 10 heteroatoms. The van der Waals surface area contributed by atoms with Crippen molar-refractivity contribution < 1.29 is 13.2 Å². The highest BCUT2D eigenvalue weighted by Crippen LogP contribution is 2.35. The van der Waals surface area contributed by atoms with Gasteiger partial charge < -0.3 is 15.5 Å². The van der Waals surface area contributed by atoms with Gasteiger partial charge in [0.1, 0.15) is 17.7 Å². The first-order valence-corrected chi connectivity index (χ1v) is 11.2. The Morgan fingerprint density at radius 1 is 1.19 bits per heavy atom. The fourth-order valence-electron chi connectivity index (χ4n) is 3.45. The first kappa shape index (κ1) is 21.1. The molecule has 160 valence electrons. The molecular weight excluding hydrogens is 438 g/mol. The van der Waals surface area contributed by atoms with E-state index in [9.17, 15) is 8.42 Å². The van der Waals surface area contributed by atoms with Crippen LogP contribution in [0, 0.1) is 6.92 Å². The SMILES string of the molecule is COc1ccc(S(=O)(=O)Nc2cccc(-c3c[nH]c4ncnc(CN)c34)c2C)cc1Cl. The second-order valence-corrected chi connectivity index (χ2v) is 8.92. The van der Waals surface area contributed by atoms with Crippen LogP contribution in [0.3, 0.4) is 0 Å². The van der Waals surface area contributed by atoms with Crippen LogP contribution < -0.4 is 15.2 Å². The summed E-state index contributed by atoms with van der Waals surface area (Å²) in [5.41, 5.74) is 10.1. The highest BCUT2D eigenvalue weighted by atomic mass is 35.5. The zero-order valence-corrected chi connectivity index (χ0v) is 18.4. The molecule has 0 radical (unpaired) electrons. The Morgan fingerprint density at radius 3 is 2.71 bits per heavy atom. The fraction of sp³-hybridized carbons (Fsp3) is 0.143. The van der Waals surface area contributed by atoms with Crippen molar-refractivity contribution in [1.29, 1.82) is 0 Å². The van der Waals surface area contributed by atoms with Crippen LogP contribution in [-0.2, 0) is 16.6 Å². The van der Waals surface area contributed by atoms with Gasteiger partial charge in [-0.25, -0.2) is 18.4 Å². The standard InChI is InChI=1S/C21H20ClN5O3S/c1-12-14(15-10-24-21-20(15)18(9-23)25-11-26-21)4-3-5-17(12)27-31(28,29)13-6-7-19(30-2)16(22)8-13/h3-8,10-11,27H,9,23H2,1-2H3,(H,24,25,26). The van der Waals surface area contributed by atoms with Gasteiger partial charge in [-0.05, 0) is 42.3 Å². The van der Waals surface area contributed by atoms with Crippen molar-refractivity contribution in [3.63, 3.8) is 0 Å². The largest absolute Gasteiger partial charge is 0.495 e. The van der Waals surface area contributed by atoms with Crippen LogP contribution in [0.15, 0.2) is 53.8 Å². The molecule has 2 aromatic carbocycles. The van der Waals surface area contributed by atoms with E-state index in [2.05, 4.69) is 19.7 Å². The fourth-order valence-corrected chi connectivity index (χ4v) is 4.92. The number of benzene rings is 2. The number of hydrogen-bond donors (Lipinski definition) is 3. The summed E-state index contributed by atoms with van der Waals surface area (Å²) in [5.74, 6) is 0.399. The number of nitrogens with zero attached hydrogens (tertiary/aromatic N) is 2. The van der Waals surface area contributed by atoms with E-state index >= 15 is 0 Å². The Balaban J connectivity index is 1.76. The number of nitrogens with one attached hydrogen (secondary N) is 2. The lowest BCUT2D eigenvalue weighted by atomic mass is 9.99. The Labute approximate surface area is 184 Å². The number of rotatable bonds is 6. The minimum absolute atomic E-state index is 0.0361. The van der Waals surface area contributed by atoms with Crippen LogP contribution in [0.2, 0.25) is 5.02 Å². The number of aromatic nitrogens is 3. The first-order valence-electron chi connectivity index (χ1n) is 9.33. The van der Waals surface area contributed by atoms with Gasteiger partial charge in [0.2, 0.25) is 0 Å². The minimum atomic E-state index is -3.87. The number of halogens is 1. The number of aromatic amines is 1. The Kier molecular flexibility index (Phi) is 5.57. The van der Waals surface area contributed by atoms with Crippen LogP contribution in [-0.4, -0.2) is 30.5 Å². The topological polar surface area (TPSA) is 123 Å². The number of ether oxygens (including phenoxy) is 1. The number of sulfonamides is 1. The third-order valence-electron chi connectivity index (χ3n) is 5.04. The minimum Gasteiger partial charge on any atom is -0.495 e. The number of fused-ring (bicyclic) bond motifs is 1. The average molecular weight is 458 g/mol. The molecule has 2 aromatic heterocycles. The highest BCUT2D eigenvalue weighted by molar-refractivity contribution is 7.92. The van der Waals surface area contributed by atoms with Gasteiger partial charge in [-0.3, -0.25) is 4.72 Å². The second kappa shape index (κ2) is 8.18. The van der Waals surface area contributed by atoms with E-state index in [0.717, 1.165) is 22.1 Å². The molecule has 0 aliphatic rings. The number of methoxy groups -OCH3 is 1. The van der Waals surface area contributed by atoms with E-state index in [1.807, 2.05) is 19.2 Å². The van der Waals surface area contributed by atoms with Gasteiger partial charge in [0.15, 0.2) is 0 Å². The van der Waals surface area contributed by atoms with Crippen molar-refractivity contribution in [2.24, 2.45) is 5.73 Å². The zero-order valence-electron chi connectivity index (χ0n) is 16.8. The van der Waals surface area contributed by atoms with Gasteiger partial charge in [-0.2, -0.15) is 0 Å². The van der Waals surface area contributed by atoms with Crippen molar-refractivity contribution >= 4 is 38.3 Å². The van der Waals surface area contributed by atoms with Gasteiger partial charge >= 0.3 is 0 Å². The highest BCUT2D eigenvalue weighted by Gasteiger charge is 2.20. The van der Waals surface area contributed by atoms with Crippen molar-refractivity contribution in [2.75, 3.05) is 11.8 Å². The number of hydrogen-bond acceptors (Lipinski definition) is 6. The lowest BCUT2D eigenvalue weighted by Crippen LogP contribution is -2.14. The predicted octanol–water partition coefficient (Wildman–Crippen LogP) is 3.85. The molecular formula is C21H20ClN5O3S. The normalized spacial score (nSPS) is 11.6. The Bertz CT molecular complexity index is 1390. The van der Waals surface area contributed by atoms with Gasteiger partial charge in [-0.1, -0.05) is 23.7 Å². The summed E-state index contributed by atoms with van der Waals surface area (Å²) >= 11 is 6.10. The number of anilines is 1. The molecule has 0 spiro atoms. The van der Waals surface area contributed by atoms with E-state index < -0.39 is 10.0 Å². The third-order valence-corrected chi connectivity index (χ3v) is 6.70. The lowest BCUT2D eigenvalue weighted by molar-refractivity contribution is 0.414. The van der Waals surface area contributed by atoms with Gasteiger partial charge in [0, 0.05) is 23.7 Å². The van der Waals surface area contributed by atoms with Gasteiger partial charge in [0.05, 0.1) is 28.4 Å². The number of nitrogens with two attached hydrogens (primary N) is 1. The third kappa shape index (κ3) is 3.83. The van der Waals surface area contributed by atoms with Gasteiger partial charge in [-0.15, -0.1) is 0 Å². The maximum Gasteiger partial charge on any atom is 0.261 e. The molecule has 0 fully saturated rings. The van der Waals surface area contributed by atoms with Crippen molar-refractivity contribution in [2.45, 2.75) is 18.4 Å².